The number of carbonyl (C=O) groups is 4. The van der Waals surface area contributed by atoms with Crippen LogP contribution in [-0.4, -0.2) is 58.1 Å². The Morgan fingerprint density at radius 2 is 1.80 bits per heavy atom. The van der Waals surface area contributed by atoms with Crippen LogP contribution in [0.3, 0.4) is 0 Å². The molecular formula is C22H15B3ClF2N3O4. The van der Waals surface area contributed by atoms with Crippen molar-refractivity contribution in [3.8, 4) is 0 Å². The molecule has 1 atom stereocenters. The fourth-order valence-corrected chi connectivity index (χ4v) is 4.16. The van der Waals surface area contributed by atoms with Crippen molar-refractivity contribution in [3.63, 3.8) is 0 Å². The van der Waals surface area contributed by atoms with Gasteiger partial charge in [-0.25, -0.2) is 0 Å². The number of hydrogen-bond donors (Lipinski definition) is 2. The summed E-state index contributed by atoms with van der Waals surface area (Å²) in [4.78, 5) is 50.1. The van der Waals surface area contributed by atoms with Crippen molar-refractivity contribution in [2.24, 2.45) is 0 Å². The lowest BCUT2D eigenvalue weighted by atomic mass is 9.57. The van der Waals surface area contributed by atoms with Gasteiger partial charge in [0, 0.05) is 29.1 Å². The molecule has 6 radical (unpaired) electrons. The number of fused-ring (bicyclic) bond motifs is 1. The Morgan fingerprint density at radius 3 is 2.46 bits per heavy atom. The van der Waals surface area contributed by atoms with Crippen molar-refractivity contribution < 1.29 is 28.0 Å². The molecule has 1 fully saturated rings. The summed E-state index contributed by atoms with van der Waals surface area (Å²) in [6.45, 7) is 0.0124. The zero-order valence-corrected chi connectivity index (χ0v) is 18.9. The highest BCUT2D eigenvalue weighted by molar-refractivity contribution is 6.45. The summed E-state index contributed by atoms with van der Waals surface area (Å²) in [7, 11) is 17.5. The van der Waals surface area contributed by atoms with Gasteiger partial charge in [0.05, 0.1) is 15.7 Å². The molecule has 0 aliphatic carbocycles. The molecule has 172 valence electrons. The van der Waals surface area contributed by atoms with Gasteiger partial charge < -0.3 is 10.2 Å². The van der Waals surface area contributed by atoms with Gasteiger partial charge in [-0.05, 0) is 35.0 Å². The Hall–Kier alpha value is -3.14. The summed E-state index contributed by atoms with van der Waals surface area (Å²) >= 11 is 5.75. The molecule has 35 heavy (non-hydrogen) atoms. The number of imide groups is 1. The molecule has 13 heteroatoms. The third-order valence-electron chi connectivity index (χ3n) is 5.97. The summed E-state index contributed by atoms with van der Waals surface area (Å²) < 4.78 is 29.5. The van der Waals surface area contributed by atoms with Gasteiger partial charge in [-0.3, -0.25) is 24.5 Å². The van der Waals surface area contributed by atoms with Crippen molar-refractivity contribution in [1.82, 2.24) is 15.5 Å². The average Bonchev–Trinajstić information content (AvgIpc) is 3.11. The van der Waals surface area contributed by atoms with Crippen molar-refractivity contribution in [2.45, 2.75) is 36.7 Å². The van der Waals surface area contributed by atoms with Crippen molar-refractivity contribution in [2.75, 3.05) is 0 Å². The van der Waals surface area contributed by atoms with Gasteiger partial charge in [-0.2, -0.15) is 8.78 Å². The topological polar surface area (TPSA) is 95.6 Å². The zero-order valence-electron chi connectivity index (χ0n) is 18.1. The van der Waals surface area contributed by atoms with Crippen LogP contribution in [0.5, 0.6) is 0 Å². The zero-order chi connectivity index (χ0) is 25.7. The van der Waals surface area contributed by atoms with Gasteiger partial charge >= 0.3 is 5.92 Å². The fourth-order valence-electron chi connectivity index (χ4n) is 4.04. The third-order valence-corrected chi connectivity index (χ3v) is 6.31. The van der Waals surface area contributed by atoms with Crippen molar-refractivity contribution >= 4 is 64.2 Å². The maximum Gasteiger partial charge on any atom is 0.349 e. The molecular weight excluding hydrogens is 476 g/mol. The number of halogens is 3. The van der Waals surface area contributed by atoms with E-state index < -0.39 is 46.5 Å². The molecule has 2 aliphatic rings. The SMILES string of the molecule is [B]c1cc(C(F)(F)C(=O)NC([B])([B])c2ccc3c(c2)CN(C2CCC(=O)NC2=O)C3=O)ccc1Cl. The second-order valence-corrected chi connectivity index (χ2v) is 8.81. The van der Waals surface area contributed by atoms with Crippen LogP contribution in [0.1, 0.15) is 39.9 Å². The minimum Gasteiger partial charge on any atom is -0.358 e. The van der Waals surface area contributed by atoms with Crippen LogP contribution in [-0.2, 0) is 32.2 Å². The number of hydrogen-bond acceptors (Lipinski definition) is 4. The summed E-state index contributed by atoms with van der Waals surface area (Å²) in [6, 6.07) is 6.25. The highest BCUT2D eigenvalue weighted by Gasteiger charge is 2.44. The number of piperidine rings is 1. The van der Waals surface area contributed by atoms with Gasteiger partial charge in [0.2, 0.25) is 11.8 Å². The molecule has 0 bridgehead atoms. The second kappa shape index (κ2) is 8.82. The number of rotatable bonds is 5. The third kappa shape index (κ3) is 4.59. The standard InChI is InChI=1S/C22H15B3ClF2N3O4/c23-14-8-11(2-4-15(14)26)21(27,28)20(35)30-22(24,25)12-1-3-13-10(7-12)9-31(19(13)34)16-5-6-17(32)29-18(16)33/h1-4,7-8,16H,5-6,9H2,(H,30,35)(H,29,32,33). The molecule has 1 saturated heterocycles. The molecule has 2 heterocycles. The first-order chi connectivity index (χ1) is 16.3. The molecule has 0 spiro atoms. The molecule has 4 rings (SSSR count). The van der Waals surface area contributed by atoms with E-state index in [0.717, 1.165) is 18.2 Å². The Bertz CT molecular complexity index is 1270. The summed E-state index contributed by atoms with van der Waals surface area (Å²) in [5.74, 6) is -7.23. The van der Waals surface area contributed by atoms with Crippen LogP contribution in [0, 0.1) is 0 Å². The Balaban J connectivity index is 1.54. The first kappa shape index (κ1) is 25.0. The lowest BCUT2D eigenvalue weighted by Gasteiger charge is -2.31. The molecule has 2 aliphatic heterocycles. The maximum atomic E-state index is 14.8. The van der Waals surface area contributed by atoms with Gasteiger partial charge in [-0.15, -0.1) is 0 Å². The lowest BCUT2D eigenvalue weighted by molar-refractivity contribution is -0.147. The van der Waals surface area contributed by atoms with Crippen LogP contribution in [0.4, 0.5) is 8.78 Å². The van der Waals surface area contributed by atoms with E-state index in [2.05, 4.69) is 5.32 Å². The van der Waals surface area contributed by atoms with E-state index in [1.165, 1.54) is 23.1 Å². The van der Waals surface area contributed by atoms with Gasteiger partial charge in [0.15, 0.2) is 0 Å². The lowest BCUT2D eigenvalue weighted by Crippen LogP contribution is -2.52. The minimum atomic E-state index is -4.03. The van der Waals surface area contributed by atoms with Crippen molar-refractivity contribution in [1.29, 1.82) is 0 Å². The summed E-state index contributed by atoms with van der Waals surface area (Å²) in [5.41, 5.74) is -0.0835. The van der Waals surface area contributed by atoms with E-state index in [-0.39, 0.29) is 41.0 Å². The number of amides is 4. The number of alkyl halides is 2. The number of nitrogens with zero attached hydrogens (tertiary/aromatic N) is 1. The Labute approximate surface area is 208 Å². The first-order valence-corrected chi connectivity index (χ1v) is 10.8. The largest absolute Gasteiger partial charge is 0.358 e. The highest BCUT2D eigenvalue weighted by atomic mass is 35.5. The highest BCUT2D eigenvalue weighted by Crippen LogP contribution is 2.32. The quantitative estimate of drug-likeness (QED) is 0.463. The molecule has 7 nitrogen and oxygen atoms in total. The molecule has 0 aromatic heterocycles. The second-order valence-electron chi connectivity index (χ2n) is 8.41. The van der Waals surface area contributed by atoms with E-state index in [9.17, 15) is 28.0 Å². The smallest absolute Gasteiger partial charge is 0.349 e. The molecule has 2 N–H and O–H groups in total. The number of carbonyl (C=O) groups excluding carboxylic acids is 4. The summed E-state index contributed by atoms with van der Waals surface area (Å²) in [5, 5.41) is 1.95. The van der Waals surface area contributed by atoms with Crippen LogP contribution < -0.4 is 16.1 Å². The van der Waals surface area contributed by atoms with Crippen molar-refractivity contribution in [3.05, 3.63) is 63.7 Å². The van der Waals surface area contributed by atoms with Crippen LogP contribution in [0.15, 0.2) is 36.4 Å². The van der Waals surface area contributed by atoms with E-state index in [4.69, 9.17) is 35.1 Å². The predicted octanol–water partition coefficient (Wildman–Crippen LogP) is 0.250. The van der Waals surface area contributed by atoms with E-state index in [0.29, 0.717) is 5.56 Å². The number of benzene rings is 2. The van der Waals surface area contributed by atoms with Gasteiger partial charge in [0.1, 0.15) is 13.9 Å². The van der Waals surface area contributed by atoms with Crippen LogP contribution >= 0.6 is 11.6 Å². The molecule has 4 amide bonds. The summed E-state index contributed by atoms with van der Waals surface area (Å²) in [6.07, 6.45) is 0.269. The van der Waals surface area contributed by atoms with E-state index >= 15 is 0 Å². The number of nitrogens with one attached hydrogen (secondary N) is 2. The maximum absolute atomic E-state index is 14.8. The molecule has 2 aromatic carbocycles. The monoisotopic (exact) mass is 491 g/mol. The molecule has 1 unspecified atom stereocenters. The van der Waals surface area contributed by atoms with Gasteiger partial charge in [0.25, 0.3) is 11.8 Å². The average molecular weight is 491 g/mol. The normalized spacial score (nSPS) is 18.3. The Morgan fingerprint density at radius 1 is 1.11 bits per heavy atom. The first-order valence-electron chi connectivity index (χ1n) is 10.4. The molecule has 2 aromatic rings. The van der Waals surface area contributed by atoms with E-state index in [1.54, 1.807) is 0 Å². The van der Waals surface area contributed by atoms with Gasteiger partial charge in [-0.1, -0.05) is 41.3 Å². The Kier molecular flexibility index (Phi) is 6.29. The fraction of sp³-hybridized carbons (Fsp3) is 0.273. The van der Waals surface area contributed by atoms with Crippen LogP contribution in [0.25, 0.3) is 0 Å². The minimum absolute atomic E-state index is 0.0124. The molecule has 0 saturated carbocycles. The predicted molar refractivity (Wildman–Crippen MR) is 125 cm³/mol. The van der Waals surface area contributed by atoms with Crippen LogP contribution in [0.2, 0.25) is 5.02 Å². The van der Waals surface area contributed by atoms with E-state index in [1.807, 2.05) is 5.32 Å².